The summed E-state index contributed by atoms with van der Waals surface area (Å²) in [6.07, 6.45) is 15.1. The van der Waals surface area contributed by atoms with Crippen molar-refractivity contribution in [2.45, 2.75) is 83.3 Å². The molecule has 0 aliphatic heterocycles. The van der Waals surface area contributed by atoms with E-state index in [1.54, 1.807) is 0 Å². The molecule has 5 atom stereocenters. The highest BCUT2D eigenvalue weighted by atomic mass is 16.5. The number of hydrogen-bond acceptors (Lipinski definition) is 4. The van der Waals surface area contributed by atoms with Gasteiger partial charge in [-0.3, -0.25) is 4.79 Å². The lowest BCUT2D eigenvalue weighted by Gasteiger charge is -2.19. The van der Waals surface area contributed by atoms with E-state index in [1.165, 1.54) is 12.7 Å². The number of esters is 1. The molecule has 26 heavy (non-hydrogen) atoms. The lowest BCUT2D eigenvalue weighted by molar-refractivity contribution is -0.140. The van der Waals surface area contributed by atoms with E-state index in [0.717, 1.165) is 57.8 Å². The first-order chi connectivity index (χ1) is 12.5. The summed E-state index contributed by atoms with van der Waals surface area (Å²) in [5.41, 5.74) is 1.47. The fraction of sp³-hybridized carbons (Fsp3) is 0.773. The summed E-state index contributed by atoms with van der Waals surface area (Å²) in [7, 11) is 1.43. The summed E-state index contributed by atoms with van der Waals surface area (Å²) in [4.78, 5) is 11.2. The van der Waals surface area contributed by atoms with Crippen LogP contribution >= 0.6 is 0 Å². The van der Waals surface area contributed by atoms with Crippen LogP contribution in [-0.2, 0) is 9.53 Å². The second-order valence-electron chi connectivity index (χ2n) is 7.97. The third kappa shape index (κ3) is 6.24. The predicted molar refractivity (Wildman–Crippen MR) is 104 cm³/mol. The number of carbonyl (C=O) groups is 1. The smallest absolute Gasteiger partial charge is 0.305 e. The third-order valence-electron chi connectivity index (χ3n) is 5.97. The maximum atomic E-state index is 11.2. The standard InChI is InChI=1S/C22H36O4/c1-3-4-5-9-18(23)11-12-19-20-14-16(13-17(20)15-21(19)24)8-6-7-10-22(25)26-2/h11-13,17-21,23-24H,3-10,14-15H2,1-2H3/b12-11-/t17-,18-,19-,20-,21+/m0/s1. The number of aliphatic hydroxyl groups excluding tert-OH is 2. The molecule has 148 valence electrons. The van der Waals surface area contributed by atoms with Crippen molar-refractivity contribution in [3.8, 4) is 0 Å². The highest BCUT2D eigenvalue weighted by molar-refractivity contribution is 5.68. The minimum absolute atomic E-state index is 0.131. The van der Waals surface area contributed by atoms with Crippen LogP contribution in [-0.4, -0.2) is 35.5 Å². The molecular formula is C22H36O4. The first-order valence-electron chi connectivity index (χ1n) is 10.4. The van der Waals surface area contributed by atoms with Crippen molar-refractivity contribution in [1.29, 1.82) is 0 Å². The summed E-state index contributed by atoms with van der Waals surface area (Å²) in [5.74, 6) is 0.963. The van der Waals surface area contributed by atoms with Gasteiger partial charge in [0.2, 0.25) is 0 Å². The quantitative estimate of drug-likeness (QED) is 0.328. The fourth-order valence-electron chi connectivity index (χ4n) is 4.47. The van der Waals surface area contributed by atoms with Gasteiger partial charge in [0.05, 0.1) is 19.3 Å². The normalized spacial score (nSPS) is 29.0. The number of ether oxygens (including phenoxy) is 1. The Morgan fingerprint density at radius 3 is 2.88 bits per heavy atom. The first-order valence-corrected chi connectivity index (χ1v) is 10.4. The monoisotopic (exact) mass is 364 g/mol. The average Bonchev–Trinajstić information content (AvgIpc) is 3.13. The highest BCUT2D eigenvalue weighted by Crippen LogP contribution is 2.48. The number of rotatable bonds is 11. The van der Waals surface area contributed by atoms with Gasteiger partial charge in [-0.2, -0.15) is 0 Å². The number of fused-ring (bicyclic) bond motifs is 1. The van der Waals surface area contributed by atoms with Gasteiger partial charge in [0.15, 0.2) is 0 Å². The molecule has 1 fully saturated rings. The number of carbonyl (C=O) groups excluding carboxylic acids is 1. The SMILES string of the molecule is CCCCC[C@H](O)/C=C\[C@H]1[C@H]2CC(CCCCC(=O)OC)=C[C@H]2C[C@H]1O. The van der Waals surface area contributed by atoms with Crippen molar-refractivity contribution in [2.24, 2.45) is 17.8 Å². The molecule has 0 aromatic carbocycles. The fourth-order valence-corrected chi connectivity index (χ4v) is 4.47. The molecule has 0 radical (unpaired) electrons. The molecule has 0 aromatic heterocycles. The predicted octanol–water partition coefficient (Wildman–Crippen LogP) is 4.16. The molecule has 0 heterocycles. The molecule has 0 bridgehead atoms. The number of methoxy groups -OCH3 is 1. The Hall–Kier alpha value is -1.13. The van der Waals surface area contributed by atoms with Crippen LogP contribution in [0.1, 0.15) is 71.1 Å². The minimum atomic E-state index is -0.389. The van der Waals surface area contributed by atoms with Crippen molar-refractivity contribution in [2.75, 3.05) is 7.11 Å². The van der Waals surface area contributed by atoms with Crippen LogP contribution in [0, 0.1) is 17.8 Å². The van der Waals surface area contributed by atoms with Crippen LogP contribution in [0.2, 0.25) is 0 Å². The Bertz CT molecular complexity index is 496. The van der Waals surface area contributed by atoms with E-state index in [4.69, 9.17) is 0 Å². The van der Waals surface area contributed by atoms with Gasteiger partial charge in [-0.25, -0.2) is 0 Å². The van der Waals surface area contributed by atoms with Gasteiger partial charge in [-0.05, 0) is 50.4 Å². The maximum absolute atomic E-state index is 11.2. The molecule has 0 saturated heterocycles. The first kappa shape index (κ1) is 21.2. The minimum Gasteiger partial charge on any atom is -0.469 e. The topological polar surface area (TPSA) is 66.8 Å². The molecule has 2 aliphatic rings. The van der Waals surface area contributed by atoms with Crippen LogP contribution in [0.4, 0.5) is 0 Å². The average molecular weight is 365 g/mol. The molecule has 0 amide bonds. The van der Waals surface area contributed by atoms with E-state index in [9.17, 15) is 15.0 Å². The van der Waals surface area contributed by atoms with Crippen molar-refractivity contribution >= 4 is 5.97 Å². The van der Waals surface area contributed by atoms with Crippen LogP contribution in [0.15, 0.2) is 23.8 Å². The zero-order valence-corrected chi connectivity index (χ0v) is 16.4. The van der Waals surface area contributed by atoms with E-state index in [-0.39, 0.29) is 24.1 Å². The summed E-state index contributed by atoms with van der Waals surface area (Å²) in [6, 6.07) is 0. The van der Waals surface area contributed by atoms with E-state index < -0.39 is 0 Å². The van der Waals surface area contributed by atoms with E-state index >= 15 is 0 Å². The van der Waals surface area contributed by atoms with Crippen LogP contribution in [0.5, 0.6) is 0 Å². The Balaban J connectivity index is 1.76. The molecule has 0 spiro atoms. The zero-order valence-electron chi connectivity index (χ0n) is 16.4. The van der Waals surface area contributed by atoms with Crippen LogP contribution in [0.25, 0.3) is 0 Å². The van der Waals surface area contributed by atoms with Gasteiger partial charge in [0.25, 0.3) is 0 Å². The summed E-state index contributed by atoms with van der Waals surface area (Å²) in [5, 5.41) is 20.5. The van der Waals surface area contributed by atoms with E-state index in [1.807, 2.05) is 6.08 Å². The van der Waals surface area contributed by atoms with Crippen LogP contribution in [0.3, 0.4) is 0 Å². The lowest BCUT2D eigenvalue weighted by Crippen LogP contribution is -2.18. The number of hydrogen-bond donors (Lipinski definition) is 2. The second kappa shape index (κ2) is 10.9. The third-order valence-corrected chi connectivity index (χ3v) is 5.97. The summed E-state index contributed by atoms with van der Waals surface area (Å²) >= 11 is 0. The number of unbranched alkanes of at least 4 members (excludes halogenated alkanes) is 3. The molecule has 4 nitrogen and oxygen atoms in total. The summed E-state index contributed by atoms with van der Waals surface area (Å²) in [6.45, 7) is 2.16. The Labute approximate surface area is 158 Å². The van der Waals surface area contributed by atoms with Crippen molar-refractivity contribution in [3.63, 3.8) is 0 Å². The van der Waals surface area contributed by atoms with Crippen molar-refractivity contribution < 1.29 is 19.7 Å². The summed E-state index contributed by atoms with van der Waals surface area (Å²) < 4.78 is 4.68. The molecular weight excluding hydrogens is 328 g/mol. The van der Waals surface area contributed by atoms with Crippen molar-refractivity contribution in [1.82, 2.24) is 0 Å². The van der Waals surface area contributed by atoms with Crippen LogP contribution < -0.4 is 0 Å². The Kier molecular flexibility index (Phi) is 8.86. The number of aliphatic hydroxyl groups is 2. The Morgan fingerprint density at radius 2 is 2.15 bits per heavy atom. The Morgan fingerprint density at radius 1 is 1.35 bits per heavy atom. The van der Waals surface area contributed by atoms with Gasteiger partial charge >= 0.3 is 5.97 Å². The highest BCUT2D eigenvalue weighted by Gasteiger charge is 2.43. The van der Waals surface area contributed by atoms with Gasteiger partial charge < -0.3 is 14.9 Å². The second-order valence-corrected chi connectivity index (χ2v) is 7.97. The molecule has 0 unspecified atom stereocenters. The maximum Gasteiger partial charge on any atom is 0.305 e. The van der Waals surface area contributed by atoms with Gasteiger partial charge in [-0.15, -0.1) is 0 Å². The molecule has 2 N–H and O–H groups in total. The molecule has 4 heteroatoms. The van der Waals surface area contributed by atoms with Crippen molar-refractivity contribution in [3.05, 3.63) is 23.8 Å². The molecule has 0 aromatic rings. The van der Waals surface area contributed by atoms with Gasteiger partial charge in [0.1, 0.15) is 0 Å². The largest absolute Gasteiger partial charge is 0.469 e. The molecule has 2 rings (SSSR count). The van der Waals surface area contributed by atoms with E-state index in [2.05, 4.69) is 23.8 Å². The van der Waals surface area contributed by atoms with Gasteiger partial charge in [0, 0.05) is 12.3 Å². The van der Waals surface area contributed by atoms with E-state index in [0.29, 0.717) is 18.3 Å². The zero-order chi connectivity index (χ0) is 18.9. The molecule has 1 saturated carbocycles. The number of allylic oxidation sites excluding steroid dienone is 2. The lowest BCUT2D eigenvalue weighted by atomic mass is 9.88. The van der Waals surface area contributed by atoms with Gasteiger partial charge in [-0.1, -0.05) is 50.0 Å². The molecule has 2 aliphatic carbocycles.